The molecule has 230 valence electrons. The minimum absolute atomic E-state index is 0.596. The molecule has 2 aromatic heterocycles. The molecule has 0 unspecified atom stereocenters. The SMILES string of the molecule is c1ccc(-c2ccc(-c3ccc(-c4nc(-c5ccccc5)nc(-c5cc(-c6ccccc6)cc6oc7ccccc7c56)n4)cc3)cc2)cc1. The van der Waals surface area contributed by atoms with E-state index in [4.69, 9.17) is 19.4 Å². The molecule has 2 heterocycles. The highest BCUT2D eigenvalue weighted by atomic mass is 16.3. The third kappa shape index (κ3) is 5.45. The summed E-state index contributed by atoms with van der Waals surface area (Å²) in [5.41, 5.74) is 11.2. The zero-order chi connectivity index (χ0) is 32.6. The van der Waals surface area contributed by atoms with E-state index in [0.717, 1.165) is 60.9 Å². The number of benzene rings is 7. The molecule has 0 saturated carbocycles. The summed E-state index contributed by atoms with van der Waals surface area (Å²) < 4.78 is 6.42. The van der Waals surface area contributed by atoms with E-state index in [0.29, 0.717) is 17.5 Å². The number of hydrogen-bond acceptors (Lipinski definition) is 4. The van der Waals surface area contributed by atoms with Crippen LogP contribution in [0.5, 0.6) is 0 Å². The molecular weight excluding hydrogens is 599 g/mol. The van der Waals surface area contributed by atoms with Gasteiger partial charge in [-0.3, -0.25) is 0 Å². The molecule has 0 aliphatic rings. The highest BCUT2D eigenvalue weighted by Crippen LogP contribution is 2.40. The fraction of sp³-hybridized carbons (Fsp3) is 0. The summed E-state index contributed by atoms with van der Waals surface area (Å²) in [6.07, 6.45) is 0. The Hall–Kier alpha value is -6.65. The van der Waals surface area contributed by atoms with E-state index in [2.05, 4.69) is 103 Å². The standard InChI is InChI=1S/C45H29N3O/c1-4-12-30(13-5-1)32-20-22-33(23-21-32)34-24-26-36(27-25-34)44-46-43(35-16-8-3-9-17-35)47-45(48-44)39-28-37(31-14-6-2-7-15-31)29-41-42(39)38-18-10-11-19-40(38)49-41/h1-29H. The molecule has 4 nitrogen and oxygen atoms in total. The molecule has 0 N–H and O–H groups in total. The number of para-hydroxylation sites is 1. The molecule has 4 heteroatoms. The largest absolute Gasteiger partial charge is 0.456 e. The van der Waals surface area contributed by atoms with E-state index in [1.165, 1.54) is 11.1 Å². The number of fused-ring (bicyclic) bond motifs is 3. The highest BCUT2D eigenvalue weighted by Gasteiger charge is 2.19. The van der Waals surface area contributed by atoms with Gasteiger partial charge in [0.2, 0.25) is 0 Å². The lowest BCUT2D eigenvalue weighted by molar-refractivity contribution is 0.669. The number of aromatic nitrogens is 3. The average Bonchev–Trinajstić information content (AvgIpc) is 3.57. The van der Waals surface area contributed by atoms with Gasteiger partial charge in [-0.05, 0) is 51.6 Å². The van der Waals surface area contributed by atoms with Crippen LogP contribution in [0.3, 0.4) is 0 Å². The fourth-order valence-corrected chi connectivity index (χ4v) is 6.47. The van der Waals surface area contributed by atoms with Gasteiger partial charge in [0.05, 0.1) is 0 Å². The molecule has 0 spiro atoms. The van der Waals surface area contributed by atoms with Crippen LogP contribution < -0.4 is 0 Å². The molecule has 0 atom stereocenters. The Morgan fingerprint density at radius 1 is 0.306 bits per heavy atom. The highest BCUT2D eigenvalue weighted by molar-refractivity contribution is 6.13. The van der Waals surface area contributed by atoms with E-state index in [1.54, 1.807) is 0 Å². The summed E-state index contributed by atoms with van der Waals surface area (Å²) in [5.74, 6) is 1.83. The van der Waals surface area contributed by atoms with E-state index >= 15 is 0 Å². The van der Waals surface area contributed by atoms with Gasteiger partial charge in [-0.15, -0.1) is 0 Å². The lowest BCUT2D eigenvalue weighted by Crippen LogP contribution is -2.00. The lowest BCUT2D eigenvalue weighted by atomic mass is 9.98. The number of furan rings is 1. The van der Waals surface area contributed by atoms with Gasteiger partial charge in [0.1, 0.15) is 11.2 Å². The van der Waals surface area contributed by atoms with E-state index in [-0.39, 0.29) is 0 Å². The Morgan fingerprint density at radius 3 is 1.29 bits per heavy atom. The van der Waals surface area contributed by atoms with Gasteiger partial charge >= 0.3 is 0 Å². The third-order valence-corrected chi connectivity index (χ3v) is 8.96. The fourth-order valence-electron chi connectivity index (χ4n) is 6.47. The Labute approximate surface area is 284 Å². The summed E-state index contributed by atoms with van der Waals surface area (Å²) in [7, 11) is 0. The molecule has 0 radical (unpaired) electrons. The second-order valence-electron chi connectivity index (χ2n) is 12.1. The van der Waals surface area contributed by atoms with Crippen LogP contribution in [0.2, 0.25) is 0 Å². The van der Waals surface area contributed by atoms with Crippen molar-refractivity contribution in [3.8, 4) is 67.5 Å². The van der Waals surface area contributed by atoms with E-state index < -0.39 is 0 Å². The maximum atomic E-state index is 6.42. The first-order valence-electron chi connectivity index (χ1n) is 16.4. The molecule has 9 aromatic rings. The van der Waals surface area contributed by atoms with Crippen molar-refractivity contribution in [2.45, 2.75) is 0 Å². The summed E-state index contributed by atoms with van der Waals surface area (Å²) in [6.45, 7) is 0. The van der Waals surface area contributed by atoms with Gasteiger partial charge in [-0.2, -0.15) is 0 Å². The number of hydrogen-bond donors (Lipinski definition) is 0. The van der Waals surface area contributed by atoms with Crippen molar-refractivity contribution < 1.29 is 4.42 Å². The van der Waals surface area contributed by atoms with Crippen LogP contribution in [0, 0.1) is 0 Å². The Morgan fingerprint density at radius 2 is 0.714 bits per heavy atom. The van der Waals surface area contributed by atoms with Gasteiger partial charge in [0, 0.05) is 27.5 Å². The van der Waals surface area contributed by atoms with Gasteiger partial charge in [0.25, 0.3) is 0 Å². The molecule has 49 heavy (non-hydrogen) atoms. The van der Waals surface area contributed by atoms with Crippen molar-refractivity contribution in [2.75, 3.05) is 0 Å². The first-order chi connectivity index (χ1) is 24.3. The van der Waals surface area contributed by atoms with Crippen molar-refractivity contribution in [1.29, 1.82) is 0 Å². The normalized spacial score (nSPS) is 11.3. The predicted molar refractivity (Wildman–Crippen MR) is 200 cm³/mol. The monoisotopic (exact) mass is 627 g/mol. The quantitative estimate of drug-likeness (QED) is 0.184. The second kappa shape index (κ2) is 12.2. The predicted octanol–water partition coefficient (Wildman–Crippen LogP) is 11.8. The minimum Gasteiger partial charge on any atom is -0.456 e. The molecule has 0 saturated heterocycles. The van der Waals surface area contributed by atoms with Crippen LogP contribution >= 0.6 is 0 Å². The van der Waals surface area contributed by atoms with Gasteiger partial charge in [-0.1, -0.05) is 158 Å². The van der Waals surface area contributed by atoms with Crippen molar-refractivity contribution in [3.63, 3.8) is 0 Å². The molecule has 0 bridgehead atoms. The van der Waals surface area contributed by atoms with Crippen molar-refractivity contribution in [2.24, 2.45) is 0 Å². The summed E-state index contributed by atoms with van der Waals surface area (Å²) in [5, 5.41) is 2.01. The Kier molecular flexibility index (Phi) is 7.10. The molecular formula is C45H29N3O. The maximum absolute atomic E-state index is 6.42. The zero-order valence-corrected chi connectivity index (χ0v) is 26.5. The molecule has 0 amide bonds. The topological polar surface area (TPSA) is 51.8 Å². The molecule has 7 aromatic carbocycles. The molecule has 9 rings (SSSR count). The van der Waals surface area contributed by atoms with E-state index in [9.17, 15) is 0 Å². The Bertz CT molecular complexity index is 2560. The van der Waals surface area contributed by atoms with Gasteiger partial charge < -0.3 is 4.42 Å². The molecule has 0 fully saturated rings. The van der Waals surface area contributed by atoms with Crippen LogP contribution in [0.1, 0.15) is 0 Å². The van der Waals surface area contributed by atoms with Crippen LogP contribution in [-0.2, 0) is 0 Å². The maximum Gasteiger partial charge on any atom is 0.164 e. The van der Waals surface area contributed by atoms with Crippen molar-refractivity contribution in [1.82, 2.24) is 15.0 Å². The van der Waals surface area contributed by atoms with Crippen LogP contribution in [0.25, 0.3) is 89.5 Å². The van der Waals surface area contributed by atoms with Crippen LogP contribution in [0.4, 0.5) is 0 Å². The van der Waals surface area contributed by atoms with Crippen molar-refractivity contribution >= 4 is 21.9 Å². The lowest BCUT2D eigenvalue weighted by Gasteiger charge is -2.11. The number of rotatable bonds is 6. The average molecular weight is 628 g/mol. The van der Waals surface area contributed by atoms with Gasteiger partial charge in [0.15, 0.2) is 17.5 Å². The first-order valence-corrected chi connectivity index (χ1v) is 16.4. The van der Waals surface area contributed by atoms with Gasteiger partial charge in [-0.25, -0.2) is 15.0 Å². The van der Waals surface area contributed by atoms with Crippen LogP contribution in [0.15, 0.2) is 180 Å². The van der Waals surface area contributed by atoms with Crippen LogP contribution in [-0.4, -0.2) is 15.0 Å². The first kappa shape index (κ1) is 28.6. The summed E-state index contributed by atoms with van der Waals surface area (Å²) >= 11 is 0. The zero-order valence-electron chi connectivity index (χ0n) is 26.5. The number of nitrogens with zero attached hydrogens (tertiary/aromatic N) is 3. The molecule has 0 aliphatic carbocycles. The van der Waals surface area contributed by atoms with E-state index in [1.807, 2.05) is 72.8 Å². The summed E-state index contributed by atoms with van der Waals surface area (Å²) in [4.78, 5) is 15.3. The minimum atomic E-state index is 0.596. The smallest absolute Gasteiger partial charge is 0.164 e. The summed E-state index contributed by atoms with van der Waals surface area (Å²) in [6, 6.07) is 60.5. The Balaban J connectivity index is 1.18. The molecule has 0 aliphatic heterocycles. The van der Waals surface area contributed by atoms with Crippen molar-refractivity contribution in [3.05, 3.63) is 176 Å². The third-order valence-electron chi connectivity index (χ3n) is 8.96. The second-order valence-corrected chi connectivity index (χ2v) is 12.1.